The Bertz CT molecular complexity index is 1050. The SMILES string of the molecule is N#CC1(c2ccc(-c3c(C(=O)O)cnc4ccc(F)cc34)cc2)CC1. The molecular formula is C20H13FN2O2. The van der Waals surface area contributed by atoms with Crippen molar-refractivity contribution in [1.82, 2.24) is 4.98 Å². The third-order valence-corrected chi connectivity index (χ3v) is 4.75. The molecule has 0 aliphatic heterocycles. The van der Waals surface area contributed by atoms with Gasteiger partial charge in [0.25, 0.3) is 0 Å². The Labute approximate surface area is 143 Å². The maximum Gasteiger partial charge on any atom is 0.337 e. The predicted molar refractivity (Wildman–Crippen MR) is 90.6 cm³/mol. The van der Waals surface area contributed by atoms with Crippen LogP contribution in [0.15, 0.2) is 48.7 Å². The highest BCUT2D eigenvalue weighted by Gasteiger charge is 2.44. The zero-order chi connectivity index (χ0) is 17.6. The van der Waals surface area contributed by atoms with E-state index in [-0.39, 0.29) is 5.56 Å². The average molecular weight is 332 g/mol. The molecular weight excluding hydrogens is 319 g/mol. The number of aromatic carboxylic acids is 1. The van der Waals surface area contributed by atoms with Crippen molar-refractivity contribution in [1.29, 1.82) is 5.26 Å². The number of carbonyl (C=O) groups is 1. The van der Waals surface area contributed by atoms with E-state index in [0.717, 1.165) is 18.4 Å². The van der Waals surface area contributed by atoms with Gasteiger partial charge in [0, 0.05) is 17.1 Å². The van der Waals surface area contributed by atoms with E-state index in [9.17, 15) is 19.6 Å². The van der Waals surface area contributed by atoms with Crippen LogP contribution in [0.4, 0.5) is 4.39 Å². The quantitative estimate of drug-likeness (QED) is 0.776. The lowest BCUT2D eigenvalue weighted by Gasteiger charge is -2.12. The van der Waals surface area contributed by atoms with Crippen molar-refractivity contribution < 1.29 is 14.3 Å². The van der Waals surface area contributed by atoms with E-state index >= 15 is 0 Å². The van der Waals surface area contributed by atoms with Gasteiger partial charge in [-0.3, -0.25) is 4.98 Å². The molecule has 1 fully saturated rings. The molecule has 25 heavy (non-hydrogen) atoms. The smallest absolute Gasteiger partial charge is 0.337 e. The van der Waals surface area contributed by atoms with Crippen LogP contribution >= 0.6 is 0 Å². The monoisotopic (exact) mass is 332 g/mol. The van der Waals surface area contributed by atoms with Crippen molar-refractivity contribution in [3.05, 3.63) is 65.6 Å². The number of halogens is 1. The van der Waals surface area contributed by atoms with Crippen LogP contribution in [0.5, 0.6) is 0 Å². The van der Waals surface area contributed by atoms with Gasteiger partial charge in [-0.05, 0) is 42.2 Å². The van der Waals surface area contributed by atoms with E-state index in [0.29, 0.717) is 22.0 Å². The van der Waals surface area contributed by atoms with E-state index in [4.69, 9.17) is 0 Å². The molecule has 5 heteroatoms. The van der Waals surface area contributed by atoms with Gasteiger partial charge in [0.05, 0.1) is 22.6 Å². The summed E-state index contributed by atoms with van der Waals surface area (Å²) < 4.78 is 13.7. The summed E-state index contributed by atoms with van der Waals surface area (Å²) in [7, 11) is 0. The summed E-state index contributed by atoms with van der Waals surface area (Å²) in [6, 6.07) is 13.8. The second-order valence-corrected chi connectivity index (χ2v) is 6.28. The van der Waals surface area contributed by atoms with Gasteiger partial charge < -0.3 is 5.11 Å². The Hall–Kier alpha value is -3.26. The molecule has 0 amide bonds. The summed E-state index contributed by atoms with van der Waals surface area (Å²) in [5, 5.41) is 19.3. The van der Waals surface area contributed by atoms with Crippen molar-refractivity contribution >= 4 is 16.9 Å². The molecule has 1 aromatic heterocycles. The van der Waals surface area contributed by atoms with Crippen LogP contribution < -0.4 is 0 Å². The van der Waals surface area contributed by atoms with E-state index < -0.39 is 17.2 Å². The summed E-state index contributed by atoms with van der Waals surface area (Å²) in [6.45, 7) is 0. The fourth-order valence-electron chi connectivity index (χ4n) is 3.18. The molecule has 3 aromatic rings. The van der Waals surface area contributed by atoms with Gasteiger partial charge in [-0.15, -0.1) is 0 Å². The number of nitriles is 1. The Morgan fingerprint density at radius 1 is 1.20 bits per heavy atom. The molecule has 1 N–H and O–H groups in total. The highest BCUT2D eigenvalue weighted by atomic mass is 19.1. The van der Waals surface area contributed by atoms with Gasteiger partial charge in [-0.2, -0.15) is 5.26 Å². The van der Waals surface area contributed by atoms with Crippen molar-refractivity contribution in [2.75, 3.05) is 0 Å². The number of hydrogen-bond donors (Lipinski definition) is 1. The highest BCUT2D eigenvalue weighted by Crippen LogP contribution is 2.48. The molecule has 1 aliphatic carbocycles. The number of rotatable bonds is 3. The van der Waals surface area contributed by atoms with E-state index in [1.807, 2.05) is 12.1 Å². The first kappa shape index (κ1) is 15.3. The second kappa shape index (κ2) is 5.38. The number of hydrogen-bond acceptors (Lipinski definition) is 3. The molecule has 122 valence electrons. The van der Waals surface area contributed by atoms with E-state index in [2.05, 4.69) is 11.1 Å². The Balaban J connectivity index is 1.93. The highest BCUT2D eigenvalue weighted by molar-refractivity contribution is 6.06. The number of pyridine rings is 1. The zero-order valence-electron chi connectivity index (χ0n) is 13.2. The number of carboxylic acid groups (broad SMARTS) is 1. The lowest BCUT2D eigenvalue weighted by molar-refractivity contribution is 0.0697. The fourth-order valence-corrected chi connectivity index (χ4v) is 3.18. The second-order valence-electron chi connectivity index (χ2n) is 6.28. The van der Waals surface area contributed by atoms with Crippen LogP contribution in [0, 0.1) is 17.1 Å². The number of nitrogens with zero attached hydrogens (tertiary/aromatic N) is 2. The summed E-state index contributed by atoms with van der Waals surface area (Å²) in [5.74, 6) is -1.57. The largest absolute Gasteiger partial charge is 0.478 e. The van der Waals surface area contributed by atoms with Gasteiger partial charge in [0.15, 0.2) is 0 Å². The lowest BCUT2D eigenvalue weighted by Crippen LogP contribution is -2.04. The first-order valence-electron chi connectivity index (χ1n) is 7.88. The Kier molecular flexibility index (Phi) is 3.29. The lowest BCUT2D eigenvalue weighted by atomic mass is 9.92. The minimum absolute atomic E-state index is 0.0206. The van der Waals surface area contributed by atoms with Crippen molar-refractivity contribution in [3.63, 3.8) is 0 Å². The molecule has 1 saturated carbocycles. The third-order valence-electron chi connectivity index (χ3n) is 4.75. The average Bonchev–Trinajstić information content (AvgIpc) is 3.42. The zero-order valence-corrected chi connectivity index (χ0v) is 13.2. The Morgan fingerprint density at radius 3 is 2.52 bits per heavy atom. The maximum absolute atomic E-state index is 13.7. The molecule has 0 radical (unpaired) electrons. The van der Waals surface area contributed by atoms with Gasteiger partial charge >= 0.3 is 5.97 Å². The predicted octanol–water partition coefficient (Wildman–Crippen LogP) is 4.29. The molecule has 0 spiro atoms. The molecule has 2 aromatic carbocycles. The molecule has 0 atom stereocenters. The standard InChI is InChI=1S/C20H13FN2O2/c21-14-5-6-17-15(9-14)18(16(10-23-17)19(24)25)12-1-3-13(4-2-12)20(11-22)7-8-20/h1-6,9-10H,7-8H2,(H,24,25). The van der Waals surface area contributed by atoms with Crippen molar-refractivity contribution in [3.8, 4) is 17.2 Å². The summed E-state index contributed by atoms with van der Waals surface area (Å²) in [5.41, 5.74) is 2.17. The number of carboxylic acids is 1. The molecule has 1 aliphatic rings. The first-order chi connectivity index (χ1) is 12.0. The van der Waals surface area contributed by atoms with Crippen molar-refractivity contribution in [2.45, 2.75) is 18.3 Å². The van der Waals surface area contributed by atoms with Crippen LogP contribution in [-0.4, -0.2) is 16.1 Å². The van der Waals surface area contributed by atoms with Gasteiger partial charge in [-0.1, -0.05) is 24.3 Å². The Morgan fingerprint density at radius 2 is 1.92 bits per heavy atom. The van der Waals surface area contributed by atoms with E-state index in [1.54, 1.807) is 12.1 Å². The molecule has 0 saturated heterocycles. The van der Waals surface area contributed by atoms with Crippen LogP contribution in [0.1, 0.15) is 28.8 Å². The summed E-state index contributed by atoms with van der Waals surface area (Å²) >= 11 is 0. The summed E-state index contributed by atoms with van der Waals surface area (Å²) in [4.78, 5) is 15.7. The minimum atomic E-state index is -1.12. The van der Waals surface area contributed by atoms with Crippen LogP contribution in [0.25, 0.3) is 22.0 Å². The first-order valence-corrected chi connectivity index (χ1v) is 7.88. The molecule has 4 nitrogen and oxygen atoms in total. The molecule has 0 unspecified atom stereocenters. The molecule has 1 heterocycles. The minimum Gasteiger partial charge on any atom is -0.478 e. The fraction of sp³-hybridized carbons (Fsp3) is 0.150. The van der Waals surface area contributed by atoms with E-state index in [1.165, 1.54) is 24.4 Å². The normalized spacial score (nSPS) is 14.9. The van der Waals surface area contributed by atoms with Crippen molar-refractivity contribution in [2.24, 2.45) is 0 Å². The molecule has 0 bridgehead atoms. The number of aromatic nitrogens is 1. The topological polar surface area (TPSA) is 74.0 Å². The summed E-state index contributed by atoms with van der Waals surface area (Å²) in [6.07, 6.45) is 2.97. The molecule has 4 rings (SSSR count). The van der Waals surface area contributed by atoms with Gasteiger partial charge in [0.2, 0.25) is 0 Å². The maximum atomic E-state index is 13.7. The van der Waals surface area contributed by atoms with Gasteiger partial charge in [-0.25, -0.2) is 9.18 Å². The van der Waals surface area contributed by atoms with Crippen LogP contribution in [0.3, 0.4) is 0 Å². The van der Waals surface area contributed by atoms with Gasteiger partial charge in [0.1, 0.15) is 5.82 Å². The number of benzene rings is 2. The van der Waals surface area contributed by atoms with Crippen LogP contribution in [0.2, 0.25) is 0 Å². The number of fused-ring (bicyclic) bond motifs is 1. The third kappa shape index (κ3) is 2.43. The van der Waals surface area contributed by atoms with Crippen LogP contribution in [-0.2, 0) is 5.41 Å².